The van der Waals surface area contributed by atoms with Gasteiger partial charge in [0.25, 0.3) is 0 Å². The monoisotopic (exact) mass is 492 g/mol. The predicted octanol–water partition coefficient (Wildman–Crippen LogP) is 4.13. The Hall–Kier alpha value is -2.73. The summed E-state index contributed by atoms with van der Waals surface area (Å²) in [5, 5.41) is 14.9. The molecule has 0 fully saturated rings. The number of carboxylic acid groups (broad SMARTS) is 1. The first-order valence-corrected chi connectivity index (χ1v) is 11.4. The summed E-state index contributed by atoms with van der Waals surface area (Å²) < 4.78 is 65.8. The minimum atomic E-state index is -4.69. The van der Waals surface area contributed by atoms with Crippen LogP contribution in [0.25, 0.3) is 16.7 Å². The second kappa shape index (κ2) is 8.66. The normalized spacial score (nSPS) is 12.4. The van der Waals surface area contributed by atoms with E-state index in [2.05, 4.69) is 5.10 Å². The average Bonchev–Trinajstić information content (AvgIpc) is 3.17. The average molecular weight is 493 g/mol. The second-order valence-electron chi connectivity index (χ2n) is 7.19. The lowest BCUT2D eigenvalue weighted by atomic mass is 10.2. The third-order valence-electron chi connectivity index (χ3n) is 4.95. The van der Waals surface area contributed by atoms with Gasteiger partial charge < -0.3 is 9.67 Å². The molecule has 2 aromatic heterocycles. The Kier molecular flexibility index (Phi) is 6.47. The molecule has 3 aromatic rings. The van der Waals surface area contributed by atoms with Crippen LogP contribution in [0.2, 0.25) is 5.02 Å². The molecule has 1 N–H and O–H groups in total. The minimum Gasteiger partial charge on any atom is -0.464 e. The molecule has 32 heavy (non-hydrogen) atoms. The Morgan fingerprint density at radius 1 is 1.28 bits per heavy atom. The number of hydrogen-bond donors (Lipinski definition) is 1. The number of nitrogens with zero attached hydrogens (tertiary/aromatic N) is 4. The van der Waals surface area contributed by atoms with Crippen LogP contribution < -0.4 is 0 Å². The highest BCUT2D eigenvalue weighted by atomic mass is 35.5. The Balaban J connectivity index is 1.92. The molecule has 3 rings (SSSR count). The number of sulfonamides is 1. The zero-order valence-electron chi connectivity index (χ0n) is 17.1. The van der Waals surface area contributed by atoms with Gasteiger partial charge >= 0.3 is 12.3 Å². The van der Waals surface area contributed by atoms with Gasteiger partial charge in [-0.15, -0.1) is 0 Å². The van der Waals surface area contributed by atoms with E-state index in [4.69, 9.17) is 16.7 Å². The molecule has 0 saturated carbocycles. The Morgan fingerprint density at radius 2 is 1.97 bits per heavy atom. The van der Waals surface area contributed by atoms with E-state index in [9.17, 15) is 26.4 Å². The van der Waals surface area contributed by atoms with Crippen LogP contribution in [0.5, 0.6) is 0 Å². The van der Waals surface area contributed by atoms with Crippen LogP contribution in [0.15, 0.2) is 30.5 Å². The van der Waals surface area contributed by atoms with E-state index in [1.165, 1.54) is 0 Å². The van der Waals surface area contributed by atoms with Crippen molar-refractivity contribution in [2.24, 2.45) is 7.05 Å². The number of rotatable bonds is 7. The largest absolute Gasteiger partial charge is 0.464 e. The molecular formula is C19H20ClF3N4O4S. The molecule has 0 aliphatic rings. The van der Waals surface area contributed by atoms with E-state index < -0.39 is 41.0 Å². The first-order chi connectivity index (χ1) is 14.8. The molecular weight excluding hydrogens is 473 g/mol. The van der Waals surface area contributed by atoms with E-state index in [1.807, 2.05) is 6.07 Å². The van der Waals surface area contributed by atoms with Gasteiger partial charge in [0.15, 0.2) is 0 Å². The van der Waals surface area contributed by atoms with Crippen molar-refractivity contribution in [3.05, 3.63) is 46.7 Å². The number of carbonyl (C=O) groups is 1. The van der Waals surface area contributed by atoms with Gasteiger partial charge in [0.1, 0.15) is 5.82 Å². The van der Waals surface area contributed by atoms with Gasteiger partial charge in [0, 0.05) is 35.8 Å². The summed E-state index contributed by atoms with van der Waals surface area (Å²) in [5.74, 6) is -0.131. The third-order valence-corrected chi connectivity index (χ3v) is 6.92. The SMILES string of the molecule is Cc1nn(C)c(-n2ccc3cc(Cl)ccc32)c1CCS(=O)(=O)N(CCC(F)(F)F)C(=O)O. The smallest absolute Gasteiger partial charge is 0.421 e. The Bertz CT molecular complexity index is 1270. The fraction of sp³-hybridized carbons (Fsp3) is 0.368. The van der Waals surface area contributed by atoms with Crippen molar-refractivity contribution in [2.45, 2.75) is 25.9 Å². The summed E-state index contributed by atoms with van der Waals surface area (Å²) >= 11 is 6.03. The number of alkyl halides is 3. The van der Waals surface area contributed by atoms with Crippen molar-refractivity contribution in [3.63, 3.8) is 0 Å². The summed E-state index contributed by atoms with van der Waals surface area (Å²) in [5.41, 5.74) is 1.84. The lowest BCUT2D eigenvalue weighted by molar-refractivity contribution is -0.135. The molecule has 0 aliphatic carbocycles. The minimum absolute atomic E-state index is 0.138. The lowest BCUT2D eigenvalue weighted by Crippen LogP contribution is -2.40. The van der Waals surface area contributed by atoms with E-state index in [1.54, 1.807) is 47.6 Å². The molecule has 0 spiro atoms. The van der Waals surface area contributed by atoms with Crippen LogP contribution in [-0.4, -0.2) is 56.7 Å². The maximum atomic E-state index is 12.6. The molecule has 1 aromatic carbocycles. The second-order valence-corrected chi connectivity index (χ2v) is 9.64. The van der Waals surface area contributed by atoms with Crippen LogP contribution in [0.3, 0.4) is 0 Å². The summed E-state index contributed by atoms with van der Waals surface area (Å²) in [7, 11) is -2.84. The van der Waals surface area contributed by atoms with Gasteiger partial charge in [-0.1, -0.05) is 11.6 Å². The van der Waals surface area contributed by atoms with Crippen LogP contribution in [0.1, 0.15) is 17.7 Å². The van der Waals surface area contributed by atoms with E-state index in [0.717, 1.165) is 10.9 Å². The number of hydrogen-bond acceptors (Lipinski definition) is 4. The zero-order valence-corrected chi connectivity index (χ0v) is 18.7. The number of fused-ring (bicyclic) bond motifs is 1. The molecule has 0 unspecified atom stereocenters. The molecule has 174 valence electrons. The Morgan fingerprint density at radius 3 is 2.59 bits per heavy atom. The van der Waals surface area contributed by atoms with Crippen LogP contribution in [0.4, 0.5) is 18.0 Å². The third kappa shape index (κ3) is 5.01. The maximum Gasteiger partial charge on any atom is 0.421 e. The predicted molar refractivity (Wildman–Crippen MR) is 113 cm³/mol. The molecule has 13 heteroatoms. The van der Waals surface area contributed by atoms with Crippen molar-refractivity contribution in [3.8, 4) is 5.82 Å². The van der Waals surface area contributed by atoms with Crippen molar-refractivity contribution in [1.82, 2.24) is 18.7 Å². The molecule has 8 nitrogen and oxygen atoms in total. The highest BCUT2D eigenvalue weighted by Gasteiger charge is 2.34. The summed E-state index contributed by atoms with van der Waals surface area (Å²) in [4.78, 5) is 11.3. The van der Waals surface area contributed by atoms with Gasteiger partial charge in [0.2, 0.25) is 10.0 Å². The number of benzene rings is 1. The van der Waals surface area contributed by atoms with E-state index in [-0.39, 0.29) is 10.7 Å². The summed E-state index contributed by atoms with van der Waals surface area (Å²) in [6.07, 6.45) is -6.57. The van der Waals surface area contributed by atoms with Crippen molar-refractivity contribution >= 4 is 38.6 Å². The molecule has 0 radical (unpaired) electrons. The highest BCUT2D eigenvalue weighted by Crippen LogP contribution is 2.27. The van der Waals surface area contributed by atoms with E-state index in [0.29, 0.717) is 22.1 Å². The fourth-order valence-corrected chi connectivity index (χ4v) is 4.98. The molecule has 1 amide bonds. The van der Waals surface area contributed by atoms with Crippen LogP contribution in [0, 0.1) is 6.92 Å². The first kappa shape index (κ1) is 23.9. The number of aryl methyl sites for hydroxylation is 2. The molecule has 0 atom stereocenters. The lowest BCUT2D eigenvalue weighted by Gasteiger charge is -2.20. The fourth-order valence-electron chi connectivity index (χ4n) is 3.51. The van der Waals surface area contributed by atoms with Gasteiger partial charge in [0.05, 0.1) is 23.4 Å². The Labute approximate surface area is 186 Å². The van der Waals surface area contributed by atoms with Crippen molar-refractivity contribution in [2.75, 3.05) is 12.3 Å². The number of aromatic nitrogens is 3. The molecule has 2 heterocycles. The highest BCUT2D eigenvalue weighted by molar-refractivity contribution is 7.89. The van der Waals surface area contributed by atoms with Gasteiger partial charge in [-0.25, -0.2) is 17.5 Å². The van der Waals surface area contributed by atoms with E-state index >= 15 is 0 Å². The summed E-state index contributed by atoms with van der Waals surface area (Å²) in [6.45, 7) is 0.482. The van der Waals surface area contributed by atoms with Crippen LogP contribution in [-0.2, 0) is 23.5 Å². The molecule has 0 bridgehead atoms. The number of halogens is 4. The first-order valence-electron chi connectivity index (χ1n) is 9.40. The standard InChI is InChI=1S/C19H20ClF3N4O4S/c1-12-15(6-10-32(30,31)27(18(28)29)9-7-19(21,22)23)17(25(2)24-12)26-8-5-13-11-14(20)3-4-16(13)26/h3-5,8,11H,6-7,9-10H2,1-2H3,(H,28,29). The molecule has 0 saturated heterocycles. The van der Waals surface area contributed by atoms with Gasteiger partial charge in [-0.3, -0.25) is 4.68 Å². The molecule has 0 aliphatic heterocycles. The zero-order chi connectivity index (χ0) is 23.8. The summed E-state index contributed by atoms with van der Waals surface area (Å²) in [6, 6.07) is 7.10. The van der Waals surface area contributed by atoms with Gasteiger partial charge in [-0.05, 0) is 37.6 Å². The van der Waals surface area contributed by atoms with Crippen molar-refractivity contribution in [1.29, 1.82) is 0 Å². The number of amides is 1. The topological polar surface area (TPSA) is 97.4 Å². The maximum absolute atomic E-state index is 12.6. The quantitative estimate of drug-likeness (QED) is 0.535. The van der Waals surface area contributed by atoms with Gasteiger partial charge in [-0.2, -0.15) is 18.3 Å². The van der Waals surface area contributed by atoms with Crippen LogP contribution >= 0.6 is 11.6 Å². The van der Waals surface area contributed by atoms with Crippen molar-refractivity contribution < 1.29 is 31.5 Å².